The van der Waals surface area contributed by atoms with Gasteiger partial charge in [0, 0.05) is 5.39 Å². The van der Waals surface area contributed by atoms with Gasteiger partial charge in [-0.25, -0.2) is 4.79 Å². The highest BCUT2D eigenvalue weighted by Gasteiger charge is 2.22. The molecule has 2 N–H and O–H groups in total. The predicted molar refractivity (Wildman–Crippen MR) is 106 cm³/mol. The van der Waals surface area contributed by atoms with Crippen LogP contribution in [0.25, 0.3) is 10.8 Å². The van der Waals surface area contributed by atoms with Gasteiger partial charge in [0.25, 0.3) is 5.91 Å². The zero-order chi connectivity index (χ0) is 19.5. The molecule has 1 atom stereocenters. The Kier molecular flexibility index (Phi) is 4.98. The van der Waals surface area contributed by atoms with Crippen molar-refractivity contribution in [2.45, 2.75) is 25.3 Å². The second-order valence-electron chi connectivity index (χ2n) is 6.97. The molecule has 0 saturated heterocycles. The van der Waals surface area contributed by atoms with Crippen molar-refractivity contribution in [3.63, 3.8) is 0 Å². The minimum absolute atomic E-state index is 0.0505. The lowest BCUT2D eigenvalue weighted by molar-refractivity contribution is -0.125. The molecular formula is C23H21NO4. The van der Waals surface area contributed by atoms with Crippen molar-refractivity contribution >= 4 is 22.6 Å². The van der Waals surface area contributed by atoms with Gasteiger partial charge in [-0.2, -0.15) is 0 Å². The molecule has 1 amide bonds. The van der Waals surface area contributed by atoms with E-state index in [-0.39, 0.29) is 29.9 Å². The molecule has 28 heavy (non-hydrogen) atoms. The first-order valence-electron chi connectivity index (χ1n) is 9.38. The number of phenolic OH excluding ortho intramolecular Hbond substituents is 1. The van der Waals surface area contributed by atoms with Gasteiger partial charge in [-0.1, -0.05) is 54.6 Å². The number of aryl methyl sites for hydroxylation is 1. The Morgan fingerprint density at radius 3 is 2.71 bits per heavy atom. The number of hydrogen-bond acceptors (Lipinski definition) is 4. The van der Waals surface area contributed by atoms with Gasteiger partial charge in [-0.3, -0.25) is 4.79 Å². The Labute approximate surface area is 162 Å². The van der Waals surface area contributed by atoms with Crippen molar-refractivity contribution in [1.29, 1.82) is 0 Å². The zero-order valence-corrected chi connectivity index (χ0v) is 15.4. The summed E-state index contributed by atoms with van der Waals surface area (Å²) in [4.78, 5) is 24.6. The number of benzene rings is 3. The molecule has 0 heterocycles. The summed E-state index contributed by atoms with van der Waals surface area (Å²) in [7, 11) is 0. The predicted octanol–water partition coefficient (Wildman–Crippen LogP) is 3.90. The molecule has 0 aromatic heterocycles. The van der Waals surface area contributed by atoms with Gasteiger partial charge in [-0.05, 0) is 41.8 Å². The lowest BCUT2D eigenvalue weighted by atomic mass is 9.88. The Balaban J connectivity index is 1.40. The summed E-state index contributed by atoms with van der Waals surface area (Å²) in [6, 6.07) is 18.5. The van der Waals surface area contributed by atoms with Crippen LogP contribution < -0.4 is 5.32 Å². The second kappa shape index (κ2) is 7.72. The summed E-state index contributed by atoms with van der Waals surface area (Å²) in [6.45, 7) is -0.385. The minimum atomic E-state index is -0.720. The number of fused-ring (bicyclic) bond motifs is 2. The van der Waals surface area contributed by atoms with E-state index in [1.54, 1.807) is 18.2 Å². The van der Waals surface area contributed by atoms with Crippen LogP contribution in [-0.4, -0.2) is 23.6 Å². The monoisotopic (exact) mass is 375 g/mol. The first-order valence-corrected chi connectivity index (χ1v) is 9.38. The van der Waals surface area contributed by atoms with Gasteiger partial charge in [0.05, 0.1) is 6.04 Å². The average molecular weight is 375 g/mol. The number of nitrogens with one attached hydrogen (secondary N) is 1. The van der Waals surface area contributed by atoms with Crippen molar-refractivity contribution in [1.82, 2.24) is 5.32 Å². The maximum absolute atomic E-state index is 12.3. The van der Waals surface area contributed by atoms with Crippen LogP contribution in [0, 0.1) is 0 Å². The van der Waals surface area contributed by atoms with Crippen LogP contribution in [0.5, 0.6) is 5.75 Å². The van der Waals surface area contributed by atoms with E-state index in [9.17, 15) is 14.7 Å². The first-order chi connectivity index (χ1) is 13.6. The highest BCUT2D eigenvalue weighted by molar-refractivity contribution is 6.01. The normalized spacial score (nSPS) is 15.6. The molecule has 3 aromatic rings. The molecule has 0 unspecified atom stereocenters. The number of carbonyl (C=O) groups is 2. The van der Waals surface area contributed by atoms with Crippen molar-refractivity contribution < 1.29 is 19.4 Å². The van der Waals surface area contributed by atoms with Crippen molar-refractivity contribution in [3.05, 3.63) is 77.4 Å². The van der Waals surface area contributed by atoms with Crippen LogP contribution in [0.1, 0.15) is 40.4 Å². The molecule has 3 aromatic carbocycles. The fourth-order valence-electron chi connectivity index (χ4n) is 3.77. The molecule has 0 spiro atoms. The highest BCUT2D eigenvalue weighted by Crippen LogP contribution is 2.30. The number of ether oxygens (including phenoxy) is 1. The Bertz CT molecular complexity index is 1040. The Morgan fingerprint density at radius 2 is 1.82 bits per heavy atom. The van der Waals surface area contributed by atoms with E-state index < -0.39 is 5.97 Å². The topological polar surface area (TPSA) is 75.6 Å². The first kappa shape index (κ1) is 18.0. The number of rotatable bonds is 4. The number of amides is 1. The number of hydrogen-bond donors (Lipinski definition) is 2. The summed E-state index contributed by atoms with van der Waals surface area (Å²) in [6.07, 6.45) is 2.88. The number of aromatic hydroxyl groups is 1. The van der Waals surface area contributed by atoms with Crippen LogP contribution in [0.4, 0.5) is 0 Å². The van der Waals surface area contributed by atoms with Crippen molar-refractivity contribution in [2.24, 2.45) is 0 Å². The molecule has 0 aliphatic heterocycles. The molecule has 5 nitrogen and oxygen atoms in total. The van der Waals surface area contributed by atoms with E-state index in [2.05, 4.69) is 11.4 Å². The molecule has 0 saturated carbocycles. The summed E-state index contributed by atoms with van der Waals surface area (Å²) >= 11 is 0. The minimum Gasteiger partial charge on any atom is -0.506 e. The molecule has 5 heteroatoms. The van der Waals surface area contributed by atoms with Crippen LogP contribution in [-0.2, 0) is 16.0 Å². The van der Waals surface area contributed by atoms with Crippen LogP contribution in [0.2, 0.25) is 0 Å². The van der Waals surface area contributed by atoms with Crippen LogP contribution in [0.15, 0.2) is 60.7 Å². The Hall–Kier alpha value is -3.34. The summed E-state index contributed by atoms with van der Waals surface area (Å²) < 4.78 is 5.14. The third-order valence-electron chi connectivity index (χ3n) is 5.16. The summed E-state index contributed by atoms with van der Waals surface area (Å²) in [5.74, 6) is -1.21. The summed E-state index contributed by atoms with van der Waals surface area (Å²) in [5, 5.41) is 14.7. The quantitative estimate of drug-likeness (QED) is 0.678. The van der Waals surface area contributed by atoms with E-state index in [1.807, 2.05) is 30.3 Å². The largest absolute Gasteiger partial charge is 0.506 e. The lowest BCUT2D eigenvalue weighted by Gasteiger charge is -2.26. The fourth-order valence-corrected chi connectivity index (χ4v) is 3.77. The van der Waals surface area contributed by atoms with Crippen LogP contribution >= 0.6 is 0 Å². The van der Waals surface area contributed by atoms with Crippen molar-refractivity contribution in [3.8, 4) is 5.75 Å². The van der Waals surface area contributed by atoms with Gasteiger partial charge in [0.1, 0.15) is 11.3 Å². The maximum Gasteiger partial charge on any atom is 0.342 e. The molecule has 1 aliphatic carbocycles. The van der Waals surface area contributed by atoms with E-state index in [0.717, 1.165) is 30.2 Å². The van der Waals surface area contributed by atoms with E-state index in [4.69, 9.17) is 4.74 Å². The van der Waals surface area contributed by atoms with E-state index >= 15 is 0 Å². The van der Waals surface area contributed by atoms with Gasteiger partial charge in [0.15, 0.2) is 6.61 Å². The van der Waals surface area contributed by atoms with Crippen molar-refractivity contribution in [2.75, 3.05) is 6.61 Å². The molecule has 1 aliphatic rings. The zero-order valence-electron chi connectivity index (χ0n) is 15.4. The Morgan fingerprint density at radius 1 is 1.04 bits per heavy atom. The van der Waals surface area contributed by atoms with Gasteiger partial charge < -0.3 is 15.2 Å². The molecule has 0 fully saturated rings. The number of esters is 1. The third-order valence-corrected chi connectivity index (χ3v) is 5.16. The smallest absolute Gasteiger partial charge is 0.342 e. The molecule has 4 rings (SSSR count). The molecule has 0 bridgehead atoms. The third kappa shape index (κ3) is 3.56. The summed E-state index contributed by atoms with van der Waals surface area (Å²) in [5.41, 5.74) is 2.42. The van der Waals surface area contributed by atoms with E-state index in [1.165, 1.54) is 11.6 Å². The standard InChI is InChI=1S/C23H21NO4/c25-21(24-20-11-5-8-15-6-1-3-9-17(15)20)14-28-23(27)19-13-12-16-7-2-4-10-18(16)22(19)26/h1-4,6-7,9-10,12-13,20,26H,5,8,11,14H2,(H,24,25)/t20-/m0/s1. The van der Waals surface area contributed by atoms with Gasteiger partial charge in [0.2, 0.25) is 0 Å². The van der Waals surface area contributed by atoms with Gasteiger partial charge in [-0.15, -0.1) is 0 Å². The molecular weight excluding hydrogens is 354 g/mol. The lowest BCUT2D eigenvalue weighted by Crippen LogP contribution is -2.34. The van der Waals surface area contributed by atoms with E-state index in [0.29, 0.717) is 5.39 Å². The fraction of sp³-hybridized carbons (Fsp3) is 0.217. The average Bonchev–Trinajstić information content (AvgIpc) is 2.73. The number of carbonyl (C=O) groups excluding carboxylic acids is 2. The van der Waals surface area contributed by atoms with Gasteiger partial charge >= 0.3 is 5.97 Å². The second-order valence-corrected chi connectivity index (χ2v) is 6.97. The maximum atomic E-state index is 12.3. The SMILES string of the molecule is O=C(COC(=O)c1ccc2ccccc2c1O)N[C@H]1CCCc2ccccc21. The molecule has 0 radical (unpaired) electrons. The highest BCUT2D eigenvalue weighted by atomic mass is 16.5. The molecule has 142 valence electrons. The number of phenols is 1. The van der Waals surface area contributed by atoms with Crippen LogP contribution in [0.3, 0.4) is 0 Å².